The van der Waals surface area contributed by atoms with Gasteiger partial charge < -0.3 is 5.32 Å². The van der Waals surface area contributed by atoms with Crippen molar-refractivity contribution in [2.45, 2.75) is 46.6 Å². The van der Waals surface area contributed by atoms with Crippen LogP contribution in [0, 0.1) is 13.8 Å². The third kappa shape index (κ3) is 4.44. The van der Waals surface area contributed by atoms with Gasteiger partial charge in [0.15, 0.2) is 0 Å². The largest absolute Gasteiger partial charge is 0.310 e. The molecular weight excluding hydrogens is 254 g/mol. The Labute approximate surface area is 129 Å². The number of hydrogen-bond acceptors (Lipinski definition) is 1. The second-order valence-corrected chi connectivity index (χ2v) is 5.91. The zero-order valence-corrected chi connectivity index (χ0v) is 13.7. The minimum Gasteiger partial charge on any atom is -0.310 e. The molecule has 0 spiro atoms. The van der Waals surface area contributed by atoms with Gasteiger partial charge in [-0.2, -0.15) is 0 Å². The summed E-state index contributed by atoms with van der Waals surface area (Å²) in [5, 5.41) is 3.64. The van der Waals surface area contributed by atoms with Gasteiger partial charge in [0, 0.05) is 6.04 Å². The Morgan fingerprint density at radius 2 is 1.62 bits per heavy atom. The summed E-state index contributed by atoms with van der Waals surface area (Å²) >= 11 is 0. The monoisotopic (exact) mass is 281 g/mol. The Balaban J connectivity index is 2.25. The fourth-order valence-corrected chi connectivity index (χ4v) is 3.01. The van der Waals surface area contributed by atoms with Gasteiger partial charge in [-0.3, -0.25) is 0 Å². The van der Waals surface area contributed by atoms with Crippen molar-refractivity contribution in [2.24, 2.45) is 0 Å². The van der Waals surface area contributed by atoms with Crippen LogP contribution in [0.15, 0.2) is 42.5 Å². The number of hydrogen-bond donors (Lipinski definition) is 1. The first-order valence-electron chi connectivity index (χ1n) is 8.01. The van der Waals surface area contributed by atoms with Crippen LogP contribution in [0.5, 0.6) is 0 Å². The van der Waals surface area contributed by atoms with Crippen molar-refractivity contribution in [2.75, 3.05) is 6.54 Å². The summed E-state index contributed by atoms with van der Waals surface area (Å²) < 4.78 is 0. The predicted octanol–water partition coefficient (Wildman–Crippen LogP) is 4.76. The average molecular weight is 281 g/mol. The second kappa shape index (κ2) is 7.42. The van der Waals surface area contributed by atoms with Crippen LogP contribution in [-0.2, 0) is 12.8 Å². The summed E-state index contributed by atoms with van der Waals surface area (Å²) in [5.74, 6) is 0. The molecule has 0 aliphatic heterocycles. The topological polar surface area (TPSA) is 12.0 Å². The number of aryl methyl sites for hydroxylation is 3. The Morgan fingerprint density at radius 3 is 2.24 bits per heavy atom. The zero-order valence-electron chi connectivity index (χ0n) is 13.7. The molecule has 112 valence electrons. The number of likely N-dealkylation sites (N-methyl/N-ethyl adjacent to an activating group) is 1. The maximum atomic E-state index is 3.64. The third-order valence-corrected chi connectivity index (χ3v) is 3.93. The summed E-state index contributed by atoms with van der Waals surface area (Å²) in [6.45, 7) is 9.74. The van der Waals surface area contributed by atoms with Crippen molar-refractivity contribution in [3.63, 3.8) is 0 Å². The molecule has 0 amide bonds. The average Bonchev–Trinajstić information content (AvgIpc) is 2.46. The minimum absolute atomic E-state index is 0.391. The molecule has 1 unspecified atom stereocenters. The molecule has 1 atom stereocenters. The second-order valence-electron chi connectivity index (χ2n) is 5.91. The maximum Gasteiger partial charge on any atom is 0.0360 e. The Bertz CT molecular complexity index is 566. The van der Waals surface area contributed by atoms with Gasteiger partial charge in [0.05, 0.1) is 0 Å². The van der Waals surface area contributed by atoms with E-state index in [1.165, 1.54) is 27.8 Å². The Hall–Kier alpha value is -1.60. The van der Waals surface area contributed by atoms with Gasteiger partial charge >= 0.3 is 0 Å². The summed E-state index contributed by atoms with van der Waals surface area (Å²) in [5.41, 5.74) is 6.93. The third-order valence-electron chi connectivity index (χ3n) is 3.93. The molecular formula is C20H27N. The fourth-order valence-electron chi connectivity index (χ4n) is 3.01. The lowest BCUT2D eigenvalue weighted by Crippen LogP contribution is -2.23. The van der Waals surface area contributed by atoms with Crippen molar-refractivity contribution in [1.82, 2.24) is 5.32 Å². The van der Waals surface area contributed by atoms with Crippen molar-refractivity contribution in [1.29, 1.82) is 0 Å². The summed E-state index contributed by atoms with van der Waals surface area (Å²) in [7, 11) is 0. The van der Waals surface area contributed by atoms with Crippen LogP contribution in [0.25, 0.3) is 0 Å². The van der Waals surface area contributed by atoms with Gasteiger partial charge in [-0.15, -0.1) is 0 Å². The SMILES string of the molecule is CCNC(Cc1cc(C)cc(C)c1)c1cccc(CC)c1. The van der Waals surface area contributed by atoms with E-state index in [2.05, 4.69) is 75.5 Å². The van der Waals surface area contributed by atoms with E-state index in [1.54, 1.807) is 0 Å². The molecule has 1 nitrogen and oxygen atoms in total. The van der Waals surface area contributed by atoms with Gasteiger partial charge in [0.1, 0.15) is 0 Å². The van der Waals surface area contributed by atoms with Crippen LogP contribution < -0.4 is 5.32 Å². The molecule has 0 aliphatic carbocycles. The zero-order chi connectivity index (χ0) is 15.2. The van der Waals surface area contributed by atoms with E-state index >= 15 is 0 Å². The summed E-state index contributed by atoms with van der Waals surface area (Å²) in [6, 6.07) is 16.2. The number of benzene rings is 2. The molecule has 0 saturated heterocycles. The van der Waals surface area contributed by atoms with E-state index in [-0.39, 0.29) is 0 Å². The van der Waals surface area contributed by atoms with Crippen LogP contribution in [-0.4, -0.2) is 6.54 Å². The fraction of sp³-hybridized carbons (Fsp3) is 0.400. The molecule has 0 aliphatic rings. The van der Waals surface area contributed by atoms with Crippen LogP contribution in [0.3, 0.4) is 0 Å². The smallest absolute Gasteiger partial charge is 0.0360 e. The van der Waals surface area contributed by atoms with Crippen molar-refractivity contribution >= 4 is 0 Å². The Morgan fingerprint density at radius 1 is 0.905 bits per heavy atom. The summed E-state index contributed by atoms with van der Waals surface area (Å²) in [4.78, 5) is 0. The molecule has 0 aromatic heterocycles. The predicted molar refractivity (Wildman–Crippen MR) is 91.9 cm³/mol. The van der Waals surface area contributed by atoms with E-state index in [4.69, 9.17) is 0 Å². The van der Waals surface area contributed by atoms with Gasteiger partial charge in [0.25, 0.3) is 0 Å². The van der Waals surface area contributed by atoms with Crippen molar-refractivity contribution in [3.8, 4) is 0 Å². The quantitative estimate of drug-likeness (QED) is 0.805. The molecule has 0 bridgehead atoms. The van der Waals surface area contributed by atoms with E-state index in [1.807, 2.05) is 0 Å². The molecule has 2 aromatic carbocycles. The molecule has 0 saturated carbocycles. The van der Waals surface area contributed by atoms with E-state index in [9.17, 15) is 0 Å². The molecule has 1 N–H and O–H groups in total. The Kier molecular flexibility index (Phi) is 5.58. The van der Waals surface area contributed by atoms with Crippen LogP contribution >= 0.6 is 0 Å². The first-order valence-corrected chi connectivity index (χ1v) is 8.01. The lowest BCUT2D eigenvalue weighted by atomic mass is 9.95. The number of nitrogens with one attached hydrogen (secondary N) is 1. The van der Waals surface area contributed by atoms with Crippen LogP contribution in [0.4, 0.5) is 0 Å². The molecule has 1 heteroatoms. The van der Waals surface area contributed by atoms with Crippen molar-refractivity contribution in [3.05, 3.63) is 70.3 Å². The van der Waals surface area contributed by atoms with Gasteiger partial charge in [0.2, 0.25) is 0 Å². The molecule has 2 rings (SSSR count). The number of rotatable bonds is 6. The van der Waals surface area contributed by atoms with Crippen LogP contribution in [0.1, 0.15) is 47.7 Å². The minimum atomic E-state index is 0.391. The highest BCUT2D eigenvalue weighted by Gasteiger charge is 2.12. The van der Waals surface area contributed by atoms with E-state index < -0.39 is 0 Å². The molecule has 0 radical (unpaired) electrons. The van der Waals surface area contributed by atoms with E-state index in [0.717, 1.165) is 19.4 Å². The molecule has 0 heterocycles. The standard InChI is InChI=1S/C20H27N/c1-5-17-8-7-9-19(13-17)20(21-6-2)14-18-11-15(3)10-16(4)12-18/h7-13,20-21H,5-6,14H2,1-4H3. The highest BCUT2D eigenvalue weighted by atomic mass is 14.9. The normalized spacial score (nSPS) is 12.4. The van der Waals surface area contributed by atoms with E-state index in [0.29, 0.717) is 6.04 Å². The molecule has 21 heavy (non-hydrogen) atoms. The summed E-state index contributed by atoms with van der Waals surface area (Å²) in [6.07, 6.45) is 2.14. The highest BCUT2D eigenvalue weighted by molar-refractivity contribution is 5.32. The van der Waals surface area contributed by atoms with Crippen molar-refractivity contribution < 1.29 is 0 Å². The maximum absolute atomic E-state index is 3.64. The van der Waals surface area contributed by atoms with Crippen LogP contribution in [0.2, 0.25) is 0 Å². The van der Waals surface area contributed by atoms with Gasteiger partial charge in [-0.25, -0.2) is 0 Å². The lowest BCUT2D eigenvalue weighted by molar-refractivity contribution is 0.549. The lowest BCUT2D eigenvalue weighted by Gasteiger charge is -2.20. The highest BCUT2D eigenvalue weighted by Crippen LogP contribution is 2.21. The van der Waals surface area contributed by atoms with Gasteiger partial charge in [-0.1, -0.05) is 67.4 Å². The van der Waals surface area contributed by atoms with Gasteiger partial charge in [-0.05, 0) is 49.9 Å². The molecule has 2 aromatic rings. The first kappa shape index (κ1) is 15.8. The molecule has 0 fully saturated rings. The first-order chi connectivity index (χ1) is 10.1.